The lowest BCUT2D eigenvalue weighted by molar-refractivity contribution is -0.136. The Hall–Kier alpha value is -1.46. The minimum Gasteiger partial charge on any atom is -0.375 e. The van der Waals surface area contributed by atoms with E-state index in [0.29, 0.717) is 25.6 Å². The SMILES string of the molecule is O=C(CC1CNCCO1)N(Cc1ccc(F)cc1)C1CC1. The van der Waals surface area contributed by atoms with E-state index in [-0.39, 0.29) is 17.8 Å². The number of morpholine rings is 1. The van der Waals surface area contributed by atoms with Gasteiger partial charge in [0.05, 0.1) is 19.1 Å². The molecule has 1 saturated carbocycles. The highest BCUT2D eigenvalue weighted by Gasteiger charge is 2.33. The number of hydrogen-bond donors (Lipinski definition) is 1. The standard InChI is InChI=1S/C16H21FN2O2/c17-13-3-1-12(2-4-13)11-19(14-5-6-14)16(20)9-15-10-18-7-8-21-15/h1-4,14-15,18H,5-11H2. The molecule has 1 aliphatic carbocycles. The Bertz CT molecular complexity index is 482. The predicted molar refractivity (Wildman–Crippen MR) is 77.2 cm³/mol. The molecule has 1 aliphatic heterocycles. The van der Waals surface area contributed by atoms with Crippen LogP contribution in [0, 0.1) is 5.82 Å². The highest BCUT2D eigenvalue weighted by Crippen LogP contribution is 2.29. The summed E-state index contributed by atoms with van der Waals surface area (Å²) < 4.78 is 18.6. The van der Waals surface area contributed by atoms with E-state index in [0.717, 1.165) is 31.5 Å². The molecule has 0 bridgehead atoms. The van der Waals surface area contributed by atoms with E-state index in [9.17, 15) is 9.18 Å². The summed E-state index contributed by atoms with van der Waals surface area (Å²) in [4.78, 5) is 14.4. The summed E-state index contributed by atoms with van der Waals surface area (Å²) in [5, 5.41) is 3.24. The molecule has 1 amide bonds. The summed E-state index contributed by atoms with van der Waals surface area (Å²) in [6, 6.07) is 6.73. The molecule has 1 heterocycles. The third-order valence-corrected chi connectivity index (χ3v) is 3.98. The van der Waals surface area contributed by atoms with E-state index in [1.807, 2.05) is 4.90 Å². The van der Waals surface area contributed by atoms with Crippen LogP contribution in [-0.4, -0.2) is 42.6 Å². The number of nitrogens with one attached hydrogen (secondary N) is 1. The Morgan fingerprint density at radius 2 is 2.10 bits per heavy atom. The first-order valence-electron chi connectivity index (χ1n) is 7.58. The van der Waals surface area contributed by atoms with Gasteiger partial charge in [-0.2, -0.15) is 0 Å². The number of hydrogen-bond acceptors (Lipinski definition) is 3. The summed E-state index contributed by atoms with van der Waals surface area (Å²) in [6.07, 6.45) is 2.53. The van der Waals surface area contributed by atoms with Gasteiger partial charge < -0.3 is 15.0 Å². The fraction of sp³-hybridized carbons (Fsp3) is 0.562. The van der Waals surface area contributed by atoms with Gasteiger partial charge >= 0.3 is 0 Å². The van der Waals surface area contributed by atoms with E-state index < -0.39 is 0 Å². The second-order valence-electron chi connectivity index (χ2n) is 5.78. The Morgan fingerprint density at radius 3 is 2.71 bits per heavy atom. The fourth-order valence-corrected chi connectivity index (χ4v) is 2.66. The van der Waals surface area contributed by atoms with Crippen LogP contribution in [-0.2, 0) is 16.1 Å². The quantitative estimate of drug-likeness (QED) is 0.898. The predicted octanol–water partition coefficient (Wildman–Crippen LogP) is 1.70. The normalized spacial score (nSPS) is 22.0. The van der Waals surface area contributed by atoms with Crippen LogP contribution in [0.1, 0.15) is 24.8 Å². The molecule has 2 aliphatic rings. The molecule has 5 heteroatoms. The van der Waals surface area contributed by atoms with Crippen molar-refractivity contribution in [2.24, 2.45) is 0 Å². The number of nitrogens with zero attached hydrogens (tertiary/aromatic N) is 1. The van der Waals surface area contributed by atoms with E-state index in [2.05, 4.69) is 5.32 Å². The molecule has 1 unspecified atom stereocenters. The number of rotatable bonds is 5. The van der Waals surface area contributed by atoms with Gasteiger partial charge in [-0.1, -0.05) is 12.1 Å². The summed E-state index contributed by atoms with van der Waals surface area (Å²) >= 11 is 0. The molecule has 21 heavy (non-hydrogen) atoms. The lowest BCUT2D eigenvalue weighted by Crippen LogP contribution is -2.42. The van der Waals surface area contributed by atoms with Crippen LogP contribution in [0.15, 0.2) is 24.3 Å². The monoisotopic (exact) mass is 292 g/mol. The van der Waals surface area contributed by atoms with Crippen molar-refractivity contribution in [3.8, 4) is 0 Å². The average Bonchev–Trinajstić information content (AvgIpc) is 3.32. The lowest BCUT2D eigenvalue weighted by atomic mass is 10.1. The summed E-state index contributed by atoms with van der Waals surface area (Å²) in [5.41, 5.74) is 0.972. The van der Waals surface area contributed by atoms with Gasteiger partial charge in [0.2, 0.25) is 5.91 Å². The number of amides is 1. The molecule has 1 N–H and O–H groups in total. The van der Waals surface area contributed by atoms with Gasteiger partial charge in [0.15, 0.2) is 0 Å². The van der Waals surface area contributed by atoms with E-state index in [1.165, 1.54) is 12.1 Å². The maximum atomic E-state index is 13.0. The molecular weight excluding hydrogens is 271 g/mol. The molecule has 0 radical (unpaired) electrons. The van der Waals surface area contributed by atoms with Crippen LogP contribution < -0.4 is 5.32 Å². The van der Waals surface area contributed by atoms with Crippen LogP contribution in [0.25, 0.3) is 0 Å². The maximum Gasteiger partial charge on any atom is 0.225 e. The van der Waals surface area contributed by atoms with Crippen LogP contribution in [0.2, 0.25) is 0 Å². The molecule has 0 aromatic heterocycles. The third kappa shape index (κ3) is 4.02. The highest BCUT2D eigenvalue weighted by molar-refractivity contribution is 5.77. The molecule has 2 fully saturated rings. The summed E-state index contributed by atoms with van der Waals surface area (Å²) in [5.74, 6) is -0.111. The van der Waals surface area contributed by atoms with Gasteiger partial charge in [-0.15, -0.1) is 0 Å². The van der Waals surface area contributed by atoms with Crippen molar-refractivity contribution in [3.05, 3.63) is 35.6 Å². The zero-order valence-electron chi connectivity index (χ0n) is 12.1. The molecular formula is C16H21FN2O2. The van der Waals surface area contributed by atoms with Gasteiger partial charge in [-0.05, 0) is 30.5 Å². The smallest absolute Gasteiger partial charge is 0.225 e. The van der Waals surface area contributed by atoms with Crippen LogP contribution in [0.3, 0.4) is 0 Å². The molecule has 4 nitrogen and oxygen atoms in total. The van der Waals surface area contributed by atoms with Gasteiger partial charge in [-0.25, -0.2) is 4.39 Å². The molecule has 0 spiro atoms. The van der Waals surface area contributed by atoms with Crippen molar-refractivity contribution in [1.82, 2.24) is 10.2 Å². The van der Waals surface area contributed by atoms with Gasteiger partial charge in [0.1, 0.15) is 5.82 Å². The molecule has 1 aromatic rings. The number of benzene rings is 1. The highest BCUT2D eigenvalue weighted by atomic mass is 19.1. The Labute approximate surface area is 124 Å². The molecule has 1 aromatic carbocycles. The average molecular weight is 292 g/mol. The fourth-order valence-electron chi connectivity index (χ4n) is 2.66. The maximum absolute atomic E-state index is 13.0. The summed E-state index contributed by atoms with van der Waals surface area (Å²) in [7, 11) is 0. The molecule has 3 rings (SSSR count). The van der Waals surface area contributed by atoms with Crippen molar-refractivity contribution in [3.63, 3.8) is 0 Å². The van der Waals surface area contributed by atoms with Crippen LogP contribution >= 0.6 is 0 Å². The number of carbonyl (C=O) groups is 1. The first-order chi connectivity index (χ1) is 10.2. The Balaban J connectivity index is 1.60. The number of carbonyl (C=O) groups excluding carboxylic acids is 1. The molecule has 1 atom stereocenters. The first-order valence-corrected chi connectivity index (χ1v) is 7.58. The summed E-state index contributed by atoms with van der Waals surface area (Å²) in [6.45, 7) is 2.82. The number of halogens is 1. The minimum atomic E-state index is -0.246. The third-order valence-electron chi connectivity index (χ3n) is 3.98. The van der Waals surface area contributed by atoms with Crippen molar-refractivity contribution < 1.29 is 13.9 Å². The molecule has 1 saturated heterocycles. The second-order valence-corrected chi connectivity index (χ2v) is 5.78. The van der Waals surface area contributed by atoms with E-state index >= 15 is 0 Å². The van der Waals surface area contributed by atoms with Crippen LogP contribution in [0.4, 0.5) is 4.39 Å². The topological polar surface area (TPSA) is 41.6 Å². The zero-order valence-corrected chi connectivity index (χ0v) is 12.1. The van der Waals surface area contributed by atoms with Crippen molar-refractivity contribution >= 4 is 5.91 Å². The largest absolute Gasteiger partial charge is 0.375 e. The first kappa shape index (κ1) is 14.5. The minimum absolute atomic E-state index is 0.0271. The van der Waals surface area contributed by atoms with Crippen molar-refractivity contribution in [2.45, 2.75) is 38.0 Å². The van der Waals surface area contributed by atoms with Gasteiger partial charge in [0.25, 0.3) is 0 Å². The van der Waals surface area contributed by atoms with Crippen molar-refractivity contribution in [1.29, 1.82) is 0 Å². The second kappa shape index (κ2) is 6.54. The zero-order chi connectivity index (χ0) is 14.7. The van der Waals surface area contributed by atoms with E-state index in [4.69, 9.17) is 4.74 Å². The van der Waals surface area contributed by atoms with Gasteiger partial charge in [0, 0.05) is 25.7 Å². The van der Waals surface area contributed by atoms with Gasteiger partial charge in [-0.3, -0.25) is 4.79 Å². The lowest BCUT2D eigenvalue weighted by Gasteiger charge is -2.27. The number of ether oxygens (including phenoxy) is 1. The van der Waals surface area contributed by atoms with Crippen molar-refractivity contribution in [2.75, 3.05) is 19.7 Å². The Morgan fingerprint density at radius 1 is 1.33 bits per heavy atom. The van der Waals surface area contributed by atoms with Crippen LogP contribution in [0.5, 0.6) is 0 Å². The van der Waals surface area contributed by atoms with E-state index in [1.54, 1.807) is 12.1 Å². The Kier molecular flexibility index (Phi) is 4.51. The molecule has 114 valence electrons.